The highest BCUT2D eigenvalue weighted by molar-refractivity contribution is 4.95. The molecule has 0 aromatic rings. The number of allylic oxidation sites excluding steroid dienone is 4. The molecule has 0 unspecified atom stereocenters. The molecule has 0 fully saturated rings. The summed E-state index contributed by atoms with van der Waals surface area (Å²) < 4.78 is 5.47. The summed E-state index contributed by atoms with van der Waals surface area (Å²) in [6.45, 7) is 10.1. The van der Waals surface area contributed by atoms with Crippen molar-refractivity contribution >= 4 is 0 Å². The Hall–Kier alpha value is -0.980. The van der Waals surface area contributed by atoms with Crippen molar-refractivity contribution in [1.29, 1.82) is 0 Å². The van der Waals surface area contributed by atoms with Crippen LogP contribution in [0.25, 0.3) is 0 Å². The van der Waals surface area contributed by atoms with Crippen LogP contribution in [0.4, 0.5) is 0 Å². The molecule has 0 bridgehead atoms. The van der Waals surface area contributed by atoms with E-state index >= 15 is 0 Å². The van der Waals surface area contributed by atoms with E-state index in [1.165, 1.54) is 0 Å². The first-order chi connectivity index (χ1) is 6.35. The zero-order valence-corrected chi connectivity index (χ0v) is 8.59. The van der Waals surface area contributed by atoms with Crippen molar-refractivity contribution in [1.82, 2.24) is 0 Å². The van der Waals surface area contributed by atoms with Gasteiger partial charge in [0.2, 0.25) is 0 Å². The molecule has 0 saturated carbocycles. The average Bonchev–Trinajstić information content (AvgIpc) is 2.14. The minimum absolute atomic E-state index is 0.747. The quantitative estimate of drug-likeness (QED) is 0.313. The Labute approximate surface area is 81.8 Å². The van der Waals surface area contributed by atoms with E-state index in [1.54, 1.807) is 0 Å². The van der Waals surface area contributed by atoms with E-state index < -0.39 is 0 Å². The van der Waals surface area contributed by atoms with Gasteiger partial charge in [0.05, 0.1) is 12.4 Å². The van der Waals surface area contributed by atoms with Crippen LogP contribution in [-0.2, 0) is 4.74 Å². The van der Waals surface area contributed by atoms with Crippen LogP contribution in [0.1, 0.15) is 32.6 Å². The van der Waals surface area contributed by atoms with Gasteiger partial charge in [0.25, 0.3) is 0 Å². The van der Waals surface area contributed by atoms with Crippen LogP contribution in [0.5, 0.6) is 0 Å². The Morgan fingerprint density at radius 2 is 1.85 bits per heavy atom. The van der Waals surface area contributed by atoms with Gasteiger partial charge in [0.15, 0.2) is 0 Å². The topological polar surface area (TPSA) is 9.23 Å². The lowest BCUT2D eigenvalue weighted by molar-refractivity contribution is 0.217. The standard InChI is InChI=1S/C12H20O/c1-4-7-9-11-12(13-6-3)10-8-5-2/h4-5,11H,1-2,6-10H2,3H3/b12-11+. The molecular formula is C12H20O. The highest BCUT2D eigenvalue weighted by Gasteiger charge is 1.94. The van der Waals surface area contributed by atoms with Crippen molar-refractivity contribution in [2.24, 2.45) is 0 Å². The molecule has 0 heterocycles. The molecule has 0 aliphatic heterocycles. The predicted octanol–water partition coefficient (Wildman–Crippen LogP) is 3.84. The third kappa shape index (κ3) is 7.38. The Morgan fingerprint density at radius 1 is 1.15 bits per heavy atom. The molecule has 0 aromatic carbocycles. The Kier molecular flexibility index (Phi) is 8.42. The molecular weight excluding hydrogens is 160 g/mol. The lowest BCUT2D eigenvalue weighted by Crippen LogP contribution is -1.91. The van der Waals surface area contributed by atoms with Crippen LogP contribution < -0.4 is 0 Å². The zero-order valence-electron chi connectivity index (χ0n) is 8.59. The second-order valence-electron chi connectivity index (χ2n) is 2.80. The van der Waals surface area contributed by atoms with Gasteiger partial charge in [-0.15, -0.1) is 13.2 Å². The first kappa shape index (κ1) is 12.0. The molecule has 0 N–H and O–H groups in total. The first-order valence-electron chi connectivity index (χ1n) is 4.88. The number of unbranched alkanes of at least 4 members (excludes halogenated alkanes) is 1. The zero-order chi connectivity index (χ0) is 9.94. The fourth-order valence-electron chi connectivity index (χ4n) is 1.03. The smallest absolute Gasteiger partial charge is 0.0923 e. The maximum atomic E-state index is 5.47. The molecule has 0 aliphatic carbocycles. The number of ether oxygens (including phenoxy) is 1. The second-order valence-corrected chi connectivity index (χ2v) is 2.80. The van der Waals surface area contributed by atoms with E-state index in [-0.39, 0.29) is 0 Å². The van der Waals surface area contributed by atoms with Gasteiger partial charge in [-0.05, 0) is 32.3 Å². The van der Waals surface area contributed by atoms with Crippen molar-refractivity contribution in [3.05, 3.63) is 37.1 Å². The maximum Gasteiger partial charge on any atom is 0.0923 e. The highest BCUT2D eigenvalue weighted by Crippen LogP contribution is 2.09. The summed E-state index contributed by atoms with van der Waals surface area (Å²) in [6.07, 6.45) is 9.98. The summed E-state index contributed by atoms with van der Waals surface area (Å²) in [6, 6.07) is 0. The SMILES string of the molecule is C=CCC/C=C(\CCC=C)OCC. The van der Waals surface area contributed by atoms with E-state index in [1.807, 2.05) is 19.1 Å². The highest BCUT2D eigenvalue weighted by atomic mass is 16.5. The molecule has 0 saturated heterocycles. The molecule has 74 valence electrons. The van der Waals surface area contributed by atoms with Crippen LogP contribution in [0.3, 0.4) is 0 Å². The molecule has 0 rings (SSSR count). The van der Waals surface area contributed by atoms with Crippen LogP contribution in [0.2, 0.25) is 0 Å². The molecule has 0 aromatic heterocycles. The minimum atomic E-state index is 0.747. The van der Waals surface area contributed by atoms with Crippen LogP contribution in [-0.4, -0.2) is 6.61 Å². The number of hydrogen-bond acceptors (Lipinski definition) is 1. The van der Waals surface area contributed by atoms with Crippen molar-refractivity contribution in [3.63, 3.8) is 0 Å². The number of rotatable bonds is 8. The summed E-state index contributed by atoms with van der Waals surface area (Å²) in [5.41, 5.74) is 0. The van der Waals surface area contributed by atoms with Gasteiger partial charge < -0.3 is 4.74 Å². The van der Waals surface area contributed by atoms with Crippen LogP contribution in [0, 0.1) is 0 Å². The second kappa shape index (κ2) is 9.11. The first-order valence-corrected chi connectivity index (χ1v) is 4.88. The van der Waals surface area contributed by atoms with E-state index in [2.05, 4.69) is 19.2 Å². The Morgan fingerprint density at radius 3 is 2.38 bits per heavy atom. The molecule has 1 nitrogen and oxygen atoms in total. The van der Waals surface area contributed by atoms with E-state index in [4.69, 9.17) is 4.74 Å². The van der Waals surface area contributed by atoms with Gasteiger partial charge in [-0.3, -0.25) is 0 Å². The normalized spacial score (nSPS) is 11.0. The minimum Gasteiger partial charge on any atom is -0.499 e. The third-order valence-electron chi connectivity index (χ3n) is 1.67. The van der Waals surface area contributed by atoms with E-state index in [9.17, 15) is 0 Å². The van der Waals surface area contributed by atoms with Crippen LogP contribution >= 0.6 is 0 Å². The molecule has 13 heavy (non-hydrogen) atoms. The summed E-state index contributed by atoms with van der Waals surface area (Å²) in [5, 5.41) is 0. The predicted molar refractivity (Wildman–Crippen MR) is 58.6 cm³/mol. The molecule has 0 atom stereocenters. The molecule has 0 aliphatic rings. The van der Waals surface area contributed by atoms with Crippen molar-refractivity contribution in [2.75, 3.05) is 6.61 Å². The van der Waals surface area contributed by atoms with Crippen molar-refractivity contribution in [2.45, 2.75) is 32.6 Å². The summed E-state index contributed by atoms with van der Waals surface area (Å²) >= 11 is 0. The van der Waals surface area contributed by atoms with Crippen molar-refractivity contribution in [3.8, 4) is 0 Å². The van der Waals surface area contributed by atoms with Crippen molar-refractivity contribution < 1.29 is 4.74 Å². The Balaban J connectivity index is 3.81. The molecule has 0 amide bonds. The van der Waals surface area contributed by atoms with E-state index in [0.29, 0.717) is 0 Å². The lowest BCUT2D eigenvalue weighted by atomic mass is 10.2. The molecule has 0 radical (unpaired) electrons. The summed E-state index contributed by atoms with van der Waals surface area (Å²) in [7, 11) is 0. The fraction of sp³-hybridized carbons (Fsp3) is 0.500. The third-order valence-corrected chi connectivity index (χ3v) is 1.67. The molecule has 0 spiro atoms. The van der Waals surface area contributed by atoms with Gasteiger partial charge in [-0.2, -0.15) is 0 Å². The van der Waals surface area contributed by atoms with Gasteiger partial charge in [-0.25, -0.2) is 0 Å². The van der Waals surface area contributed by atoms with Gasteiger partial charge in [-0.1, -0.05) is 12.2 Å². The largest absolute Gasteiger partial charge is 0.499 e. The summed E-state index contributed by atoms with van der Waals surface area (Å²) in [4.78, 5) is 0. The summed E-state index contributed by atoms with van der Waals surface area (Å²) in [5.74, 6) is 1.09. The fourth-order valence-corrected chi connectivity index (χ4v) is 1.03. The van der Waals surface area contributed by atoms with E-state index in [0.717, 1.165) is 38.0 Å². The monoisotopic (exact) mass is 180 g/mol. The van der Waals surface area contributed by atoms with Gasteiger partial charge >= 0.3 is 0 Å². The van der Waals surface area contributed by atoms with Crippen LogP contribution in [0.15, 0.2) is 37.1 Å². The van der Waals surface area contributed by atoms with Gasteiger partial charge in [0, 0.05) is 6.42 Å². The average molecular weight is 180 g/mol. The Bertz CT molecular complexity index is 168. The molecule has 1 heteroatoms. The lowest BCUT2D eigenvalue weighted by Gasteiger charge is -2.06. The number of hydrogen-bond donors (Lipinski definition) is 0. The maximum absolute atomic E-state index is 5.47. The van der Waals surface area contributed by atoms with Gasteiger partial charge in [0.1, 0.15) is 0 Å².